The quantitative estimate of drug-likeness (QED) is 0.0304. The monoisotopic (exact) mass is 1090 g/mol. The normalized spacial score (nSPS) is 31.4. The number of rotatable bonds is 40. The van der Waals surface area contributed by atoms with Crippen LogP contribution < -0.4 is 5.32 Å². The molecular weight excluding hydrogens is 987 g/mol. The molecule has 17 atom stereocenters. The van der Waals surface area contributed by atoms with Crippen molar-refractivity contribution in [1.29, 1.82) is 0 Å². The molecule has 0 aromatic carbocycles. The van der Waals surface area contributed by atoms with Crippen molar-refractivity contribution < 1.29 is 89.4 Å². The van der Waals surface area contributed by atoms with E-state index in [1.165, 1.54) is 64.2 Å². The van der Waals surface area contributed by atoms with Gasteiger partial charge in [0.25, 0.3) is 0 Å². The predicted octanol–water partition coefficient (Wildman–Crippen LogP) is 4.09. The lowest BCUT2D eigenvalue weighted by molar-refractivity contribution is -0.379. The highest BCUT2D eigenvalue weighted by atomic mass is 16.8. The molecule has 0 aromatic rings. The lowest BCUT2D eigenvalue weighted by Gasteiger charge is -2.48. The molecule has 0 radical (unpaired) electrons. The van der Waals surface area contributed by atoms with Crippen LogP contribution in [0.1, 0.15) is 162 Å². The Hall–Kier alpha value is -2.51. The molecule has 0 aromatic heterocycles. The Bertz CT molecular complexity index is 1630. The zero-order valence-corrected chi connectivity index (χ0v) is 45.5. The van der Waals surface area contributed by atoms with E-state index in [1.54, 1.807) is 0 Å². The summed E-state index contributed by atoms with van der Waals surface area (Å²) in [6.07, 6.45) is 17.4. The molecule has 17 unspecified atom stereocenters. The second-order valence-corrected chi connectivity index (χ2v) is 20.4. The van der Waals surface area contributed by atoms with Crippen LogP contribution in [0.2, 0.25) is 0 Å². The number of nitrogens with one attached hydrogen (secondary N) is 1. The van der Waals surface area contributed by atoms with Gasteiger partial charge in [-0.1, -0.05) is 164 Å². The standard InChI is InChI=1S/C57H99NO18/c1-3-5-7-9-11-13-15-17-19-20-21-23-25-27-29-31-33-35-45(63)58-40(41(62)34-32-30-28-26-24-22-18-16-14-12-10-8-6-4-2)39-71-55-51(69)48(66)53(43(37-60)73-55)76-57-52(70)49(67)54(44(38-61)74-57)75-56-50(68)47(65)46(64)42(36-59)72-56/h5,7,11,13,17,19,21,23,27,29,40-44,46-57,59-62,64-70H,3-4,6,8-10,12,14-16,18,20,22,24-26,28,30-39H2,1-2H3,(H,58,63)/b7-5-,13-11-,19-17-,23-21-,29-27-. The SMILES string of the molecule is CC/C=C\C/C=C\C/C=C\C/C=C\C/C=C\CCCC(=O)NC(COC1OC(CO)C(OC2OC(CO)C(OC3OC(CO)C(O)C(O)C3O)C(O)C2O)C(O)C1O)C(O)CCCCCCCCCCCCCCCC. The molecule has 19 heteroatoms. The summed E-state index contributed by atoms with van der Waals surface area (Å²) in [6, 6.07) is -0.918. The zero-order chi connectivity index (χ0) is 55.5. The third kappa shape index (κ3) is 24.9. The van der Waals surface area contributed by atoms with E-state index >= 15 is 0 Å². The van der Waals surface area contributed by atoms with Gasteiger partial charge in [0.05, 0.1) is 38.6 Å². The van der Waals surface area contributed by atoms with Crippen LogP contribution in [0.15, 0.2) is 60.8 Å². The Morgan fingerprint density at radius 3 is 1.37 bits per heavy atom. The molecule has 3 fully saturated rings. The number of ether oxygens (including phenoxy) is 6. The highest BCUT2D eigenvalue weighted by Gasteiger charge is 2.53. The van der Waals surface area contributed by atoms with Gasteiger partial charge in [-0.3, -0.25) is 4.79 Å². The third-order valence-electron chi connectivity index (χ3n) is 14.1. The Balaban J connectivity index is 1.54. The Morgan fingerprint density at radius 1 is 0.487 bits per heavy atom. The number of carbonyl (C=O) groups excluding carboxylic acids is 1. The number of unbranched alkanes of at least 4 members (excludes halogenated alkanes) is 14. The van der Waals surface area contributed by atoms with Gasteiger partial charge in [-0.25, -0.2) is 0 Å². The minimum absolute atomic E-state index is 0.185. The number of aliphatic hydroxyl groups is 11. The van der Waals surface area contributed by atoms with E-state index in [4.69, 9.17) is 28.4 Å². The summed E-state index contributed by atoms with van der Waals surface area (Å²) in [6.45, 7) is 1.60. The number of amides is 1. The van der Waals surface area contributed by atoms with Crippen LogP contribution in [-0.2, 0) is 33.2 Å². The van der Waals surface area contributed by atoms with Gasteiger partial charge in [0.2, 0.25) is 5.91 Å². The van der Waals surface area contributed by atoms with Gasteiger partial charge in [0, 0.05) is 6.42 Å². The van der Waals surface area contributed by atoms with Gasteiger partial charge >= 0.3 is 0 Å². The maximum Gasteiger partial charge on any atom is 0.220 e. The van der Waals surface area contributed by atoms with Crippen molar-refractivity contribution in [3.05, 3.63) is 60.8 Å². The van der Waals surface area contributed by atoms with Crippen LogP contribution in [-0.4, -0.2) is 193 Å². The molecule has 1 amide bonds. The number of allylic oxidation sites excluding steroid dienone is 10. The first kappa shape index (κ1) is 67.8. The van der Waals surface area contributed by atoms with Crippen LogP contribution >= 0.6 is 0 Å². The molecule has 76 heavy (non-hydrogen) atoms. The molecule has 3 heterocycles. The Morgan fingerprint density at radius 2 is 0.895 bits per heavy atom. The largest absolute Gasteiger partial charge is 0.394 e. The average Bonchev–Trinajstić information content (AvgIpc) is 3.41. The van der Waals surface area contributed by atoms with Gasteiger partial charge in [-0.15, -0.1) is 0 Å². The van der Waals surface area contributed by atoms with Crippen molar-refractivity contribution in [1.82, 2.24) is 5.32 Å². The molecule has 3 saturated heterocycles. The summed E-state index contributed by atoms with van der Waals surface area (Å²) < 4.78 is 34.2. The fourth-order valence-electron chi connectivity index (χ4n) is 9.41. The molecule has 3 rings (SSSR count). The van der Waals surface area contributed by atoms with Gasteiger partial charge < -0.3 is 89.9 Å². The van der Waals surface area contributed by atoms with Gasteiger partial charge in [0.1, 0.15) is 73.2 Å². The maximum absolute atomic E-state index is 13.3. The summed E-state index contributed by atoms with van der Waals surface area (Å²) >= 11 is 0. The molecule has 440 valence electrons. The van der Waals surface area contributed by atoms with E-state index in [9.17, 15) is 61.0 Å². The predicted molar refractivity (Wildman–Crippen MR) is 286 cm³/mol. The fourth-order valence-corrected chi connectivity index (χ4v) is 9.41. The minimum Gasteiger partial charge on any atom is -0.394 e. The molecule has 0 spiro atoms. The van der Waals surface area contributed by atoms with Crippen LogP contribution in [0.25, 0.3) is 0 Å². The molecule has 0 aliphatic carbocycles. The molecule has 0 saturated carbocycles. The Kier molecular flexibility index (Phi) is 36.2. The summed E-state index contributed by atoms with van der Waals surface area (Å²) in [5, 5.41) is 120. The smallest absolute Gasteiger partial charge is 0.220 e. The second-order valence-electron chi connectivity index (χ2n) is 20.4. The van der Waals surface area contributed by atoms with E-state index < -0.39 is 124 Å². The number of carbonyl (C=O) groups is 1. The molecule has 3 aliphatic rings. The van der Waals surface area contributed by atoms with Crippen molar-refractivity contribution in [3.8, 4) is 0 Å². The summed E-state index contributed by atoms with van der Waals surface area (Å²) in [5.41, 5.74) is 0. The molecule has 0 bridgehead atoms. The lowest BCUT2D eigenvalue weighted by atomic mass is 9.96. The van der Waals surface area contributed by atoms with Crippen molar-refractivity contribution in [2.24, 2.45) is 0 Å². The number of aliphatic hydroxyl groups excluding tert-OH is 11. The fraction of sp³-hybridized carbons (Fsp3) is 0.807. The first-order valence-corrected chi connectivity index (χ1v) is 28.5. The Labute approximate surface area is 452 Å². The summed E-state index contributed by atoms with van der Waals surface area (Å²) in [4.78, 5) is 13.3. The van der Waals surface area contributed by atoms with E-state index in [0.29, 0.717) is 25.7 Å². The van der Waals surface area contributed by atoms with E-state index in [-0.39, 0.29) is 18.9 Å². The summed E-state index contributed by atoms with van der Waals surface area (Å²) in [7, 11) is 0. The highest BCUT2D eigenvalue weighted by Crippen LogP contribution is 2.33. The van der Waals surface area contributed by atoms with E-state index in [1.807, 2.05) is 6.08 Å². The average molecular weight is 1090 g/mol. The summed E-state index contributed by atoms with van der Waals surface area (Å²) in [5.74, 6) is -0.303. The number of hydrogen-bond donors (Lipinski definition) is 12. The van der Waals surface area contributed by atoms with E-state index in [0.717, 1.165) is 51.4 Å². The lowest BCUT2D eigenvalue weighted by Crippen LogP contribution is -2.66. The van der Waals surface area contributed by atoms with Crippen LogP contribution in [0.3, 0.4) is 0 Å². The van der Waals surface area contributed by atoms with Crippen LogP contribution in [0, 0.1) is 0 Å². The minimum atomic E-state index is -1.98. The maximum atomic E-state index is 13.3. The van der Waals surface area contributed by atoms with Crippen molar-refractivity contribution in [2.45, 2.75) is 266 Å². The van der Waals surface area contributed by atoms with Crippen molar-refractivity contribution >= 4 is 5.91 Å². The first-order valence-electron chi connectivity index (χ1n) is 28.5. The van der Waals surface area contributed by atoms with Gasteiger partial charge in [-0.2, -0.15) is 0 Å². The molecule has 3 aliphatic heterocycles. The molecule has 19 nitrogen and oxygen atoms in total. The van der Waals surface area contributed by atoms with Crippen molar-refractivity contribution in [2.75, 3.05) is 26.4 Å². The topological polar surface area (TPSA) is 307 Å². The highest BCUT2D eigenvalue weighted by molar-refractivity contribution is 5.76. The van der Waals surface area contributed by atoms with Crippen LogP contribution in [0.4, 0.5) is 0 Å². The van der Waals surface area contributed by atoms with Gasteiger partial charge in [-0.05, 0) is 51.4 Å². The van der Waals surface area contributed by atoms with Crippen LogP contribution in [0.5, 0.6) is 0 Å². The zero-order valence-electron chi connectivity index (χ0n) is 45.5. The third-order valence-corrected chi connectivity index (χ3v) is 14.1. The van der Waals surface area contributed by atoms with Gasteiger partial charge in [0.15, 0.2) is 18.9 Å². The molecular formula is C57H99NO18. The number of hydrogen-bond acceptors (Lipinski definition) is 18. The first-order chi connectivity index (χ1) is 36.8. The second kappa shape index (κ2) is 40.6. The molecule has 12 N–H and O–H groups in total. The van der Waals surface area contributed by atoms with Crippen molar-refractivity contribution in [3.63, 3.8) is 0 Å². The van der Waals surface area contributed by atoms with E-state index in [2.05, 4.69) is 73.8 Å².